The molecule has 4 unspecified atom stereocenters. The lowest BCUT2D eigenvalue weighted by Gasteiger charge is -2.23. The van der Waals surface area contributed by atoms with E-state index in [-0.39, 0.29) is 19.3 Å². The average Bonchev–Trinajstić information content (AvgIpc) is 3.23. The first-order valence-electron chi connectivity index (χ1n) is 9.84. The van der Waals surface area contributed by atoms with Crippen LogP contribution in [0.1, 0.15) is 31.9 Å². The molecule has 1 heterocycles. The topological polar surface area (TPSA) is 265 Å². The Morgan fingerprint density at radius 1 is 1.00 bits per heavy atom. The molecule has 0 aromatic carbocycles. The highest BCUT2D eigenvalue weighted by atomic mass is 16.4. The number of carboxylic acid groups (broad SMARTS) is 1. The van der Waals surface area contributed by atoms with Crippen molar-refractivity contribution in [2.24, 2.45) is 17.2 Å². The third-order valence-corrected chi connectivity index (χ3v) is 4.42. The van der Waals surface area contributed by atoms with E-state index < -0.39 is 66.1 Å². The Balaban J connectivity index is 2.77. The normalized spacial score (nSPS) is 14.2. The minimum absolute atomic E-state index is 0.0326. The number of primary amides is 2. The molecule has 0 fully saturated rings. The van der Waals surface area contributed by atoms with E-state index in [1.165, 1.54) is 19.4 Å². The molecule has 1 rings (SSSR count). The van der Waals surface area contributed by atoms with Crippen molar-refractivity contribution >= 4 is 35.5 Å². The summed E-state index contributed by atoms with van der Waals surface area (Å²) in [6.45, 7) is 1.30. The molecule has 15 nitrogen and oxygen atoms in total. The molecule has 0 radical (unpaired) electrons. The lowest BCUT2D eigenvalue weighted by molar-refractivity contribution is -0.142. The Morgan fingerprint density at radius 2 is 1.64 bits per heavy atom. The summed E-state index contributed by atoms with van der Waals surface area (Å²) in [5.41, 5.74) is 16.2. The van der Waals surface area contributed by atoms with Gasteiger partial charge in [0.2, 0.25) is 29.5 Å². The number of imidazole rings is 1. The van der Waals surface area contributed by atoms with Gasteiger partial charge in [-0.2, -0.15) is 0 Å². The number of hydrogen-bond acceptors (Lipinski definition) is 8. The monoisotopic (exact) mass is 468 g/mol. The van der Waals surface area contributed by atoms with Gasteiger partial charge in [0.05, 0.1) is 18.8 Å². The van der Waals surface area contributed by atoms with Crippen LogP contribution in [0.4, 0.5) is 0 Å². The molecule has 15 heteroatoms. The molecule has 0 aliphatic carbocycles. The van der Waals surface area contributed by atoms with E-state index in [0.29, 0.717) is 5.69 Å². The van der Waals surface area contributed by atoms with Gasteiger partial charge in [-0.15, -0.1) is 0 Å². The molecule has 1 aromatic heterocycles. The second-order valence-corrected chi connectivity index (χ2v) is 7.25. The van der Waals surface area contributed by atoms with Gasteiger partial charge in [0, 0.05) is 24.7 Å². The standard InChI is InChI=1S/C18H28N8O7/c1-8(24-16(30)10(19)2-3-13(20)27)15(29)25-11(5-14(21)28)17(31)26-12(18(32)33)4-9-6-22-7-23-9/h6-8,10-12H,2-5,19H2,1H3,(H2,20,27)(H2,21,28)(H,22,23)(H,24,30)(H,25,29)(H,26,31)(H,32,33). The quantitative estimate of drug-likeness (QED) is 0.132. The first-order valence-corrected chi connectivity index (χ1v) is 9.84. The summed E-state index contributed by atoms with van der Waals surface area (Å²) in [6, 6.07) is -5.16. The number of H-pyrrole nitrogens is 1. The zero-order valence-electron chi connectivity index (χ0n) is 17.9. The number of carbonyl (C=O) groups excluding carboxylic acids is 5. The minimum atomic E-state index is -1.50. The highest BCUT2D eigenvalue weighted by molar-refractivity contribution is 5.96. The van der Waals surface area contributed by atoms with Crippen molar-refractivity contribution in [3.8, 4) is 0 Å². The van der Waals surface area contributed by atoms with E-state index in [1.807, 2.05) is 0 Å². The fraction of sp³-hybridized carbons (Fsp3) is 0.500. The number of aromatic nitrogens is 2. The van der Waals surface area contributed by atoms with Crippen LogP contribution in [0.5, 0.6) is 0 Å². The van der Waals surface area contributed by atoms with E-state index in [9.17, 15) is 33.9 Å². The summed E-state index contributed by atoms with van der Waals surface area (Å²) in [5, 5.41) is 16.2. The van der Waals surface area contributed by atoms with Gasteiger partial charge in [-0.05, 0) is 13.3 Å². The number of hydrogen-bond donors (Lipinski definition) is 8. The van der Waals surface area contributed by atoms with Crippen LogP contribution in [0.15, 0.2) is 12.5 Å². The molecule has 4 atom stereocenters. The van der Waals surface area contributed by atoms with E-state index in [1.54, 1.807) is 0 Å². The average molecular weight is 468 g/mol. The smallest absolute Gasteiger partial charge is 0.326 e. The molecule has 11 N–H and O–H groups in total. The Labute approximate surface area is 188 Å². The van der Waals surface area contributed by atoms with Gasteiger partial charge in [0.1, 0.15) is 18.1 Å². The van der Waals surface area contributed by atoms with Crippen molar-refractivity contribution in [2.45, 2.75) is 56.8 Å². The summed E-state index contributed by atoms with van der Waals surface area (Å²) in [4.78, 5) is 77.2. The second-order valence-electron chi connectivity index (χ2n) is 7.25. The fourth-order valence-electron chi connectivity index (χ4n) is 2.61. The molecule has 0 spiro atoms. The first-order chi connectivity index (χ1) is 15.4. The van der Waals surface area contributed by atoms with E-state index in [2.05, 4.69) is 25.9 Å². The molecule has 0 aliphatic rings. The van der Waals surface area contributed by atoms with Crippen LogP contribution in [-0.4, -0.2) is 74.7 Å². The van der Waals surface area contributed by atoms with Gasteiger partial charge in [0.15, 0.2) is 0 Å². The predicted octanol–water partition coefficient (Wildman–Crippen LogP) is -4.02. The van der Waals surface area contributed by atoms with Crippen LogP contribution >= 0.6 is 0 Å². The molecular formula is C18H28N8O7. The maximum Gasteiger partial charge on any atom is 0.326 e. The van der Waals surface area contributed by atoms with Crippen LogP contribution < -0.4 is 33.2 Å². The van der Waals surface area contributed by atoms with Gasteiger partial charge in [-0.3, -0.25) is 24.0 Å². The SMILES string of the molecule is CC(NC(=O)C(N)CCC(N)=O)C(=O)NC(CC(N)=O)C(=O)NC(Cc1cnc[nH]1)C(=O)O. The molecule has 0 saturated carbocycles. The second kappa shape index (κ2) is 12.7. The van der Waals surface area contributed by atoms with Gasteiger partial charge in [-0.1, -0.05) is 0 Å². The molecular weight excluding hydrogens is 440 g/mol. The van der Waals surface area contributed by atoms with Gasteiger partial charge >= 0.3 is 5.97 Å². The summed E-state index contributed by atoms with van der Waals surface area (Å²) in [5.74, 6) is -5.48. The van der Waals surface area contributed by atoms with Gasteiger partial charge < -0.3 is 43.2 Å². The number of rotatable bonds is 14. The van der Waals surface area contributed by atoms with Crippen LogP contribution in [0.3, 0.4) is 0 Å². The molecule has 5 amide bonds. The van der Waals surface area contributed by atoms with E-state index in [0.717, 1.165) is 0 Å². The van der Waals surface area contributed by atoms with Gasteiger partial charge in [0.25, 0.3) is 0 Å². The number of nitrogens with one attached hydrogen (secondary N) is 4. The summed E-state index contributed by atoms with van der Waals surface area (Å²) in [7, 11) is 0. The molecule has 33 heavy (non-hydrogen) atoms. The molecule has 182 valence electrons. The Morgan fingerprint density at radius 3 is 2.15 bits per heavy atom. The maximum atomic E-state index is 12.6. The van der Waals surface area contributed by atoms with Crippen molar-refractivity contribution in [3.05, 3.63) is 18.2 Å². The number of aromatic amines is 1. The van der Waals surface area contributed by atoms with Gasteiger partial charge in [-0.25, -0.2) is 9.78 Å². The van der Waals surface area contributed by atoms with E-state index >= 15 is 0 Å². The van der Waals surface area contributed by atoms with Crippen LogP contribution in [0, 0.1) is 0 Å². The fourth-order valence-corrected chi connectivity index (χ4v) is 2.61. The highest BCUT2D eigenvalue weighted by Gasteiger charge is 2.30. The third kappa shape index (κ3) is 9.77. The van der Waals surface area contributed by atoms with Crippen molar-refractivity contribution in [1.29, 1.82) is 0 Å². The summed E-state index contributed by atoms with van der Waals surface area (Å²) < 4.78 is 0. The van der Waals surface area contributed by atoms with Crippen molar-refractivity contribution in [3.63, 3.8) is 0 Å². The number of nitrogens with zero attached hydrogens (tertiary/aromatic N) is 1. The Bertz CT molecular complexity index is 873. The van der Waals surface area contributed by atoms with E-state index in [4.69, 9.17) is 17.2 Å². The largest absolute Gasteiger partial charge is 0.480 e. The van der Waals surface area contributed by atoms with Crippen LogP contribution in [-0.2, 0) is 35.2 Å². The zero-order valence-corrected chi connectivity index (χ0v) is 17.9. The lowest BCUT2D eigenvalue weighted by Crippen LogP contribution is -2.57. The number of carbonyl (C=O) groups is 6. The highest BCUT2D eigenvalue weighted by Crippen LogP contribution is 2.02. The Kier molecular flexibility index (Phi) is 10.4. The maximum absolute atomic E-state index is 12.6. The van der Waals surface area contributed by atoms with Crippen molar-refractivity contribution in [1.82, 2.24) is 25.9 Å². The minimum Gasteiger partial charge on any atom is -0.480 e. The molecule has 1 aromatic rings. The summed E-state index contributed by atoms with van der Waals surface area (Å²) >= 11 is 0. The first kappa shape index (κ1) is 27.0. The number of carboxylic acids is 1. The molecule has 0 aliphatic heterocycles. The number of amides is 5. The summed E-state index contributed by atoms with van der Waals surface area (Å²) in [6.07, 6.45) is 1.81. The molecule has 0 saturated heterocycles. The zero-order chi connectivity index (χ0) is 25.1. The van der Waals surface area contributed by atoms with Crippen LogP contribution in [0.25, 0.3) is 0 Å². The van der Waals surface area contributed by atoms with Crippen molar-refractivity contribution in [2.75, 3.05) is 0 Å². The van der Waals surface area contributed by atoms with Crippen LogP contribution in [0.2, 0.25) is 0 Å². The number of aliphatic carboxylic acids is 1. The molecule has 0 bridgehead atoms. The number of nitrogens with two attached hydrogens (primary N) is 3. The Hall–Kier alpha value is -4.01. The lowest BCUT2D eigenvalue weighted by atomic mass is 10.1. The predicted molar refractivity (Wildman–Crippen MR) is 112 cm³/mol. The van der Waals surface area contributed by atoms with Crippen molar-refractivity contribution < 1.29 is 33.9 Å². The third-order valence-electron chi connectivity index (χ3n) is 4.42.